The quantitative estimate of drug-likeness (QED) is 0.519. The maximum absolute atomic E-state index is 12.1. The second kappa shape index (κ2) is 9.78. The van der Waals surface area contributed by atoms with Crippen LogP contribution in [0, 0.1) is 10.1 Å². The van der Waals surface area contributed by atoms with Gasteiger partial charge in [-0.25, -0.2) is 4.79 Å². The standard InChI is InChI=1S/C23H28N4O4/c28-23-26(13-14-31-23)22-15-20(27(29)30)9-10-21(22)24-16-18-7-3-4-8-19(18)17-25-11-5-1-2-6-12-25/h3-4,7-10,15,24H,1-2,5-6,11-14,16-17H2. The van der Waals surface area contributed by atoms with Crippen molar-refractivity contribution in [2.75, 3.05) is 36.5 Å². The average molecular weight is 425 g/mol. The zero-order chi connectivity index (χ0) is 21.6. The first-order chi connectivity index (χ1) is 15.1. The minimum Gasteiger partial charge on any atom is -0.447 e. The number of likely N-dealkylation sites (tertiary alicyclic amines) is 1. The minimum absolute atomic E-state index is 0.0539. The number of nitro groups is 1. The van der Waals surface area contributed by atoms with Crippen molar-refractivity contribution in [1.82, 2.24) is 4.90 Å². The summed E-state index contributed by atoms with van der Waals surface area (Å²) in [6.45, 7) is 4.40. The summed E-state index contributed by atoms with van der Waals surface area (Å²) in [5.41, 5.74) is 3.55. The van der Waals surface area contributed by atoms with E-state index in [0.29, 0.717) is 24.5 Å². The highest BCUT2D eigenvalue weighted by Crippen LogP contribution is 2.33. The molecular formula is C23H28N4O4. The van der Waals surface area contributed by atoms with Crippen molar-refractivity contribution in [3.8, 4) is 0 Å². The van der Waals surface area contributed by atoms with Crippen molar-refractivity contribution >= 4 is 23.2 Å². The number of nitrogens with one attached hydrogen (secondary N) is 1. The summed E-state index contributed by atoms with van der Waals surface area (Å²) in [4.78, 5) is 26.8. The van der Waals surface area contributed by atoms with Gasteiger partial charge in [-0.2, -0.15) is 0 Å². The topological polar surface area (TPSA) is 87.9 Å². The van der Waals surface area contributed by atoms with Gasteiger partial charge >= 0.3 is 6.09 Å². The SMILES string of the molecule is O=C1OCCN1c1cc([N+](=O)[O-])ccc1NCc1ccccc1CN1CCCCCC1. The Balaban J connectivity index is 1.53. The monoisotopic (exact) mass is 424 g/mol. The lowest BCUT2D eigenvalue weighted by Gasteiger charge is -2.22. The number of benzene rings is 2. The van der Waals surface area contributed by atoms with Crippen LogP contribution in [0.4, 0.5) is 21.9 Å². The van der Waals surface area contributed by atoms with Gasteiger partial charge < -0.3 is 10.1 Å². The first-order valence-corrected chi connectivity index (χ1v) is 10.9. The van der Waals surface area contributed by atoms with Gasteiger partial charge in [0.05, 0.1) is 22.8 Å². The molecular weight excluding hydrogens is 396 g/mol. The molecule has 8 heteroatoms. The highest BCUT2D eigenvalue weighted by molar-refractivity contribution is 5.94. The molecule has 2 aromatic rings. The fourth-order valence-electron chi connectivity index (χ4n) is 4.23. The van der Waals surface area contributed by atoms with E-state index in [1.807, 2.05) is 6.07 Å². The molecule has 0 aromatic heterocycles. The molecule has 2 heterocycles. The van der Waals surface area contributed by atoms with E-state index in [9.17, 15) is 14.9 Å². The Morgan fingerprint density at radius 3 is 2.42 bits per heavy atom. The van der Waals surface area contributed by atoms with Gasteiger partial charge in [0.2, 0.25) is 0 Å². The van der Waals surface area contributed by atoms with Crippen LogP contribution in [-0.4, -0.2) is 42.2 Å². The molecule has 4 rings (SSSR count). The Hall–Kier alpha value is -3.13. The van der Waals surface area contributed by atoms with E-state index < -0.39 is 11.0 Å². The molecule has 0 atom stereocenters. The zero-order valence-corrected chi connectivity index (χ0v) is 17.6. The van der Waals surface area contributed by atoms with Crippen molar-refractivity contribution in [3.05, 3.63) is 63.7 Å². The number of amides is 1. The van der Waals surface area contributed by atoms with Crippen LogP contribution in [0.2, 0.25) is 0 Å². The van der Waals surface area contributed by atoms with Crippen LogP contribution in [0.3, 0.4) is 0 Å². The zero-order valence-electron chi connectivity index (χ0n) is 17.6. The van der Waals surface area contributed by atoms with Crippen LogP contribution in [0.5, 0.6) is 0 Å². The number of rotatable bonds is 7. The summed E-state index contributed by atoms with van der Waals surface area (Å²) in [6.07, 6.45) is 4.63. The Morgan fingerprint density at radius 1 is 1.00 bits per heavy atom. The Kier molecular flexibility index (Phi) is 6.66. The second-order valence-corrected chi connectivity index (χ2v) is 8.04. The number of cyclic esters (lactones) is 1. The van der Waals surface area contributed by atoms with E-state index in [0.717, 1.165) is 19.6 Å². The summed E-state index contributed by atoms with van der Waals surface area (Å²) in [6, 6.07) is 12.9. The smallest absolute Gasteiger partial charge is 0.414 e. The molecule has 0 spiro atoms. The largest absolute Gasteiger partial charge is 0.447 e. The first kappa shape index (κ1) is 21.1. The number of nitro benzene ring substituents is 1. The number of ether oxygens (including phenoxy) is 1. The lowest BCUT2D eigenvalue weighted by Crippen LogP contribution is -2.25. The van der Waals surface area contributed by atoms with Gasteiger partial charge in [-0.05, 0) is 43.1 Å². The molecule has 1 N–H and O–H groups in total. The molecule has 31 heavy (non-hydrogen) atoms. The number of non-ortho nitro benzene ring substituents is 1. The highest BCUT2D eigenvalue weighted by atomic mass is 16.6. The van der Waals surface area contributed by atoms with E-state index in [1.54, 1.807) is 6.07 Å². The molecule has 164 valence electrons. The third-order valence-electron chi connectivity index (χ3n) is 5.92. The maximum Gasteiger partial charge on any atom is 0.414 e. The van der Waals surface area contributed by atoms with Crippen LogP contribution in [0.25, 0.3) is 0 Å². The van der Waals surface area contributed by atoms with Gasteiger partial charge in [0.1, 0.15) is 6.61 Å². The molecule has 2 aliphatic rings. The van der Waals surface area contributed by atoms with E-state index in [4.69, 9.17) is 4.74 Å². The lowest BCUT2D eigenvalue weighted by molar-refractivity contribution is -0.384. The Bertz CT molecular complexity index is 941. The Labute approximate surface area is 181 Å². The van der Waals surface area contributed by atoms with E-state index >= 15 is 0 Å². The van der Waals surface area contributed by atoms with E-state index in [2.05, 4.69) is 28.4 Å². The average Bonchev–Trinajstić information content (AvgIpc) is 3.03. The summed E-state index contributed by atoms with van der Waals surface area (Å²) in [5.74, 6) is 0. The van der Waals surface area contributed by atoms with Gasteiger partial charge in [0, 0.05) is 25.2 Å². The third kappa shape index (κ3) is 5.14. The van der Waals surface area contributed by atoms with Crippen molar-refractivity contribution < 1.29 is 14.5 Å². The number of nitrogens with zero attached hydrogens (tertiary/aromatic N) is 3. The van der Waals surface area contributed by atoms with E-state index in [1.165, 1.54) is 53.8 Å². The number of hydrogen-bond acceptors (Lipinski definition) is 6. The third-order valence-corrected chi connectivity index (χ3v) is 5.92. The molecule has 8 nitrogen and oxygen atoms in total. The van der Waals surface area contributed by atoms with Gasteiger partial charge in [-0.1, -0.05) is 37.1 Å². The Morgan fingerprint density at radius 2 is 1.74 bits per heavy atom. The molecule has 0 radical (unpaired) electrons. The second-order valence-electron chi connectivity index (χ2n) is 8.04. The fraction of sp³-hybridized carbons (Fsp3) is 0.435. The predicted octanol–water partition coefficient (Wildman–Crippen LogP) is 4.54. The normalized spacial score (nSPS) is 17.3. The fourth-order valence-corrected chi connectivity index (χ4v) is 4.23. The van der Waals surface area contributed by atoms with Crippen molar-refractivity contribution in [2.24, 2.45) is 0 Å². The van der Waals surface area contributed by atoms with Crippen LogP contribution >= 0.6 is 0 Å². The van der Waals surface area contributed by atoms with Crippen molar-refractivity contribution in [3.63, 3.8) is 0 Å². The van der Waals surface area contributed by atoms with Crippen LogP contribution in [0.15, 0.2) is 42.5 Å². The van der Waals surface area contributed by atoms with E-state index in [-0.39, 0.29) is 12.3 Å². The van der Waals surface area contributed by atoms with Crippen LogP contribution in [0.1, 0.15) is 36.8 Å². The maximum atomic E-state index is 12.1. The highest BCUT2D eigenvalue weighted by Gasteiger charge is 2.27. The summed E-state index contributed by atoms with van der Waals surface area (Å²) < 4.78 is 5.04. The first-order valence-electron chi connectivity index (χ1n) is 10.9. The number of carbonyl (C=O) groups is 1. The lowest BCUT2D eigenvalue weighted by atomic mass is 10.1. The van der Waals surface area contributed by atoms with Gasteiger partial charge in [0.25, 0.3) is 5.69 Å². The van der Waals surface area contributed by atoms with Gasteiger partial charge in [-0.3, -0.25) is 19.9 Å². The number of hydrogen-bond donors (Lipinski definition) is 1. The summed E-state index contributed by atoms with van der Waals surface area (Å²) >= 11 is 0. The van der Waals surface area contributed by atoms with Crippen LogP contribution < -0.4 is 10.2 Å². The molecule has 0 aliphatic carbocycles. The number of anilines is 2. The van der Waals surface area contributed by atoms with Gasteiger partial charge in [-0.15, -0.1) is 0 Å². The summed E-state index contributed by atoms with van der Waals surface area (Å²) in [5, 5.41) is 14.6. The number of carbonyl (C=O) groups excluding carboxylic acids is 1. The minimum atomic E-state index is -0.481. The summed E-state index contributed by atoms with van der Waals surface area (Å²) in [7, 11) is 0. The van der Waals surface area contributed by atoms with Gasteiger partial charge in [0.15, 0.2) is 0 Å². The van der Waals surface area contributed by atoms with Crippen molar-refractivity contribution in [2.45, 2.75) is 38.8 Å². The van der Waals surface area contributed by atoms with Crippen LogP contribution in [-0.2, 0) is 17.8 Å². The molecule has 0 bridgehead atoms. The molecule has 2 aliphatic heterocycles. The molecule has 2 fully saturated rings. The molecule has 0 saturated carbocycles. The predicted molar refractivity (Wildman–Crippen MR) is 119 cm³/mol. The molecule has 0 unspecified atom stereocenters. The molecule has 2 saturated heterocycles. The molecule has 1 amide bonds. The molecule has 2 aromatic carbocycles. The van der Waals surface area contributed by atoms with Crippen molar-refractivity contribution in [1.29, 1.82) is 0 Å².